The van der Waals surface area contributed by atoms with Crippen LogP contribution in [-0.4, -0.2) is 18.7 Å². The minimum Gasteiger partial charge on any atom is -0.444 e. The second-order valence-corrected chi connectivity index (χ2v) is 2.78. The lowest BCUT2D eigenvalue weighted by molar-refractivity contribution is -0.144. The molecule has 0 aliphatic rings. The van der Waals surface area contributed by atoms with Crippen molar-refractivity contribution in [1.29, 1.82) is 0 Å². The van der Waals surface area contributed by atoms with Crippen molar-refractivity contribution in [3.8, 4) is 0 Å². The first kappa shape index (κ1) is 11.2. The van der Waals surface area contributed by atoms with E-state index in [1.54, 1.807) is 13.8 Å². The van der Waals surface area contributed by atoms with Crippen molar-refractivity contribution in [3.63, 3.8) is 0 Å². The van der Waals surface area contributed by atoms with E-state index in [1.807, 2.05) is 0 Å². The Labute approximate surface area is 73.8 Å². The molecule has 0 aliphatic carbocycles. The zero-order chi connectivity index (χ0) is 9.56. The highest BCUT2D eigenvalue weighted by atomic mass is 16.6. The van der Waals surface area contributed by atoms with Crippen molar-refractivity contribution in [3.05, 3.63) is 12.2 Å². The van der Waals surface area contributed by atoms with Crippen LogP contribution in [0.25, 0.3) is 0 Å². The maximum Gasteiger partial charge on any atom is 0.334 e. The summed E-state index contributed by atoms with van der Waals surface area (Å²) in [6, 6.07) is 0. The summed E-state index contributed by atoms with van der Waals surface area (Å²) in [6.07, 6.45) is 0.795. The fourth-order valence-corrected chi connectivity index (χ4v) is 0.650. The Kier molecular flexibility index (Phi) is 5.37. The second-order valence-electron chi connectivity index (χ2n) is 2.78. The van der Waals surface area contributed by atoms with Gasteiger partial charge in [0.25, 0.3) is 0 Å². The van der Waals surface area contributed by atoms with E-state index in [9.17, 15) is 4.79 Å². The molecule has 0 fully saturated rings. The molecule has 1 unspecified atom stereocenters. The van der Waals surface area contributed by atoms with Crippen LogP contribution < -0.4 is 5.32 Å². The summed E-state index contributed by atoms with van der Waals surface area (Å²) in [5.41, 5.74) is 0.431. The normalized spacial score (nSPS) is 12.2. The predicted molar refractivity (Wildman–Crippen MR) is 48.7 cm³/mol. The third-order valence-corrected chi connectivity index (χ3v) is 1.31. The van der Waals surface area contributed by atoms with Gasteiger partial charge in [-0.05, 0) is 26.8 Å². The van der Waals surface area contributed by atoms with E-state index in [0.717, 1.165) is 13.0 Å². The van der Waals surface area contributed by atoms with Crippen molar-refractivity contribution in [2.75, 3.05) is 6.54 Å². The maximum absolute atomic E-state index is 11.0. The molecule has 3 nitrogen and oxygen atoms in total. The molecule has 70 valence electrons. The van der Waals surface area contributed by atoms with Gasteiger partial charge in [-0.25, -0.2) is 4.79 Å². The molecule has 1 N–H and O–H groups in total. The molecule has 1 atom stereocenters. The smallest absolute Gasteiger partial charge is 0.334 e. The summed E-state index contributed by atoms with van der Waals surface area (Å²) in [7, 11) is 0. The van der Waals surface area contributed by atoms with Gasteiger partial charge >= 0.3 is 5.97 Å². The third kappa shape index (κ3) is 4.91. The number of nitrogens with one attached hydrogen (secondary N) is 1. The lowest BCUT2D eigenvalue weighted by Gasteiger charge is -2.13. The van der Waals surface area contributed by atoms with Crippen molar-refractivity contribution < 1.29 is 9.53 Å². The average Bonchev–Trinajstić information content (AvgIpc) is 2.00. The van der Waals surface area contributed by atoms with Gasteiger partial charge in [0.05, 0.1) is 0 Å². The number of ether oxygens (including phenoxy) is 1. The Bertz CT molecular complexity index is 166. The molecular weight excluding hydrogens is 154 g/mol. The van der Waals surface area contributed by atoms with Crippen LogP contribution in [0.4, 0.5) is 0 Å². The highest BCUT2D eigenvalue weighted by molar-refractivity contribution is 5.87. The number of carbonyl (C=O) groups excluding carboxylic acids is 1. The van der Waals surface area contributed by atoms with Crippen LogP contribution in [0.3, 0.4) is 0 Å². The van der Waals surface area contributed by atoms with E-state index < -0.39 is 0 Å². The van der Waals surface area contributed by atoms with Crippen LogP contribution in [0.1, 0.15) is 27.2 Å². The van der Waals surface area contributed by atoms with Crippen molar-refractivity contribution in [1.82, 2.24) is 5.32 Å². The number of hydrogen-bond acceptors (Lipinski definition) is 3. The van der Waals surface area contributed by atoms with E-state index in [-0.39, 0.29) is 12.2 Å². The molecule has 0 amide bonds. The zero-order valence-corrected chi connectivity index (χ0v) is 8.02. The summed E-state index contributed by atoms with van der Waals surface area (Å²) in [4.78, 5) is 11.0. The Hall–Kier alpha value is -0.830. The molecule has 3 heteroatoms. The monoisotopic (exact) mass is 171 g/mol. The second kappa shape index (κ2) is 5.77. The molecule has 0 saturated carbocycles. The van der Waals surface area contributed by atoms with E-state index in [2.05, 4.69) is 18.8 Å². The molecule has 0 heterocycles. The lowest BCUT2D eigenvalue weighted by atomic mass is 10.4. The first-order valence-electron chi connectivity index (χ1n) is 4.17. The van der Waals surface area contributed by atoms with Crippen LogP contribution in [0.2, 0.25) is 0 Å². The number of rotatable bonds is 5. The van der Waals surface area contributed by atoms with Crippen LogP contribution >= 0.6 is 0 Å². The number of carbonyl (C=O) groups is 1. The van der Waals surface area contributed by atoms with Gasteiger partial charge in [0.1, 0.15) is 0 Å². The van der Waals surface area contributed by atoms with Gasteiger partial charge in [-0.15, -0.1) is 0 Å². The van der Waals surface area contributed by atoms with Gasteiger partial charge in [0.15, 0.2) is 6.23 Å². The fraction of sp³-hybridized carbons (Fsp3) is 0.667. The Morgan fingerprint density at radius 2 is 2.25 bits per heavy atom. The first-order valence-corrected chi connectivity index (χ1v) is 4.17. The molecule has 0 aliphatic heterocycles. The van der Waals surface area contributed by atoms with Gasteiger partial charge in [0.2, 0.25) is 0 Å². The van der Waals surface area contributed by atoms with Crippen LogP contribution in [0, 0.1) is 0 Å². The van der Waals surface area contributed by atoms with E-state index in [4.69, 9.17) is 4.74 Å². The standard InChI is InChI=1S/C9H17NO2/c1-5-6-10-8(4)12-9(11)7(2)3/h8,10H,2,5-6H2,1,3-4H3. The predicted octanol–water partition coefficient (Wildman–Crippen LogP) is 1.45. The fourth-order valence-electron chi connectivity index (χ4n) is 0.650. The molecule has 0 radical (unpaired) electrons. The van der Waals surface area contributed by atoms with E-state index in [0.29, 0.717) is 5.57 Å². The number of esters is 1. The summed E-state index contributed by atoms with van der Waals surface area (Å²) in [5, 5.41) is 3.03. The highest BCUT2D eigenvalue weighted by Gasteiger charge is 2.07. The summed E-state index contributed by atoms with van der Waals surface area (Å²) >= 11 is 0. The SMILES string of the molecule is C=C(C)C(=O)OC(C)NCCC. The summed E-state index contributed by atoms with van der Waals surface area (Å²) in [5.74, 6) is -0.342. The topological polar surface area (TPSA) is 38.3 Å². The van der Waals surface area contributed by atoms with Gasteiger partial charge in [-0.3, -0.25) is 5.32 Å². The highest BCUT2D eigenvalue weighted by Crippen LogP contribution is 1.95. The molecule has 0 rings (SSSR count). The van der Waals surface area contributed by atoms with Crippen LogP contribution in [-0.2, 0) is 9.53 Å². The largest absolute Gasteiger partial charge is 0.444 e. The van der Waals surface area contributed by atoms with Gasteiger partial charge in [-0.2, -0.15) is 0 Å². The molecule has 12 heavy (non-hydrogen) atoms. The first-order chi connectivity index (χ1) is 5.57. The van der Waals surface area contributed by atoms with Gasteiger partial charge in [-0.1, -0.05) is 13.5 Å². The van der Waals surface area contributed by atoms with Crippen molar-refractivity contribution in [2.24, 2.45) is 0 Å². The molecule has 0 aromatic heterocycles. The minimum atomic E-state index is -0.342. The van der Waals surface area contributed by atoms with Crippen LogP contribution in [0.5, 0.6) is 0 Å². The van der Waals surface area contributed by atoms with Crippen molar-refractivity contribution in [2.45, 2.75) is 33.4 Å². The van der Waals surface area contributed by atoms with Crippen molar-refractivity contribution >= 4 is 5.97 Å². The lowest BCUT2D eigenvalue weighted by Crippen LogP contribution is -2.31. The third-order valence-electron chi connectivity index (χ3n) is 1.31. The Morgan fingerprint density at radius 1 is 1.67 bits per heavy atom. The minimum absolute atomic E-state index is 0.228. The number of hydrogen-bond donors (Lipinski definition) is 1. The Morgan fingerprint density at radius 3 is 2.67 bits per heavy atom. The molecular formula is C9H17NO2. The molecule has 0 aromatic rings. The van der Waals surface area contributed by atoms with Gasteiger partial charge < -0.3 is 4.74 Å². The molecule has 0 aromatic carbocycles. The summed E-state index contributed by atoms with van der Waals surface area (Å²) < 4.78 is 4.96. The average molecular weight is 171 g/mol. The summed E-state index contributed by atoms with van der Waals surface area (Å²) in [6.45, 7) is 9.83. The van der Waals surface area contributed by atoms with Gasteiger partial charge in [0, 0.05) is 5.57 Å². The molecule has 0 bridgehead atoms. The maximum atomic E-state index is 11.0. The molecule has 0 saturated heterocycles. The van der Waals surface area contributed by atoms with E-state index >= 15 is 0 Å². The molecule has 0 spiro atoms. The quantitative estimate of drug-likeness (QED) is 0.386. The Balaban J connectivity index is 3.61. The zero-order valence-electron chi connectivity index (χ0n) is 8.02. The van der Waals surface area contributed by atoms with E-state index in [1.165, 1.54) is 0 Å². The van der Waals surface area contributed by atoms with Crippen LogP contribution in [0.15, 0.2) is 12.2 Å².